The lowest BCUT2D eigenvalue weighted by atomic mass is 10.1. The summed E-state index contributed by atoms with van der Waals surface area (Å²) in [4.78, 5) is 32.0. The second-order valence-electron chi connectivity index (χ2n) is 3.15. The minimum Gasteiger partial charge on any atom is -0.350 e. The molecule has 1 aromatic carbocycles. The summed E-state index contributed by atoms with van der Waals surface area (Å²) in [6, 6.07) is 3.14. The van der Waals surface area contributed by atoms with Gasteiger partial charge in [-0.1, -0.05) is 6.07 Å². The predicted molar refractivity (Wildman–Crippen MR) is 58.0 cm³/mol. The SMILES string of the molecule is Cc1c(C(=O)NNC(N)=O)cccc1[N+](=O)[O-]. The van der Waals surface area contributed by atoms with E-state index < -0.39 is 16.9 Å². The van der Waals surface area contributed by atoms with Crippen molar-refractivity contribution < 1.29 is 14.5 Å². The lowest BCUT2D eigenvalue weighted by Crippen LogP contribution is -2.44. The monoisotopic (exact) mass is 238 g/mol. The molecule has 0 heterocycles. The van der Waals surface area contributed by atoms with Crippen molar-refractivity contribution in [1.29, 1.82) is 0 Å². The number of nitrogens with one attached hydrogen (secondary N) is 2. The Balaban J connectivity index is 2.98. The van der Waals surface area contributed by atoms with Crippen molar-refractivity contribution in [1.82, 2.24) is 10.9 Å². The third-order valence-corrected chi connectivity index (χ3v) is 2.05. The maximum absolute atomic E-state index is 11.5. The van der Waals surface area contributed by atoms with Crippen LogP contribution in [-0.2, 0) is 0 Å². The molecule has 0 aliphatic carbocycles. The van der Waals surface area contributed by atoms with Gasteiger partial charge in [0.15, 0.2) is 0 Å². The van der Waals surface area contributed by atoms with Crippen LogP contribution >= 0.6 is 0 Å². The third-order valence-electron chi connectivity index (χ3n) is 2.05. The molecule has 1 aromatic rings. The van der Waals surface area contributed by atoms with Crippen molar-refractivity contribution in [3.8, 4) is 0 Å². The van der Waals surface area contributed by atoms with E-state index in [1.165, 1.54) is 25.1 Å². The number of urea groups is 1. The molecule has 90 valence electrons. The van der Waals surface area contributed by atoms with Crippen LogP contribution in [0.5, 0.6) is 0 Å². The molecule has 0 atom stereocenters. The third kappa shape index (κ3) is 2.91. The number of benzene rings is 1. The van der Waals surface area contributed by atoms with Crippen LogP contribution in [0, 0.1) is 17.0 Å². The number of hydrogen-bond acceptors (Lipinski definition) is 4. The summed E-state index contributed by atoms with van der Waals surface area (Å²) in [5.74, 6) is -0.676. The van der Waals surface area contributed by atoms with Crippen LogP contribution in [-0.4, -0.2) is 16.9 Å². The Hall–Kier alpha value is -2.64. The van der Waals surface area contributed by atoms with Gasteiger partial charge in [-0.05, 0) is 13.0 Å². The highest BCUT2D eigenvalue weighted by atomic mass is 16.6. The fourth-order valence-electron chi connectivity index (χ4n) is 1.25. The van der Waals surface area contributed by atoms with Gasteiger partial charge in [0.2, 0.25) is 0 Å². The molecule has 0 spiro atoms. The minimum absolute atomic E-state index is 0.0907. The second-order valence-corrected chi connectivity index (χ2v) is 3.15. The number of nitro groups is 1. The molecule has 0 aliphatic rings. The quantitative estimate of drug-likeness (QED) is 0.502. The number of carbonyl (C=O) groups excluding carboxylic acids is 2. The van der Waals surface area contributed by atoms with Crippen molar-refractivity contribution in [2.45, 2.75) is 6.92 Å². The van der Waals surface area contributed by atoms with Crippen molar-refractivity contribution >= 4 is 17.6 Å². The average Bonchev–Trinajstić information content (AvgIpc) is 2.25. The van der Waals surface area contributed by atoms with Gasteiger partial charge < -0.3 is 5.73 Å². The van der Waals surface area contributed by atoms with Crippen LogP contribution in [0.4, 0.5) is 10.5 Å². The molecule has 4 N–H and O–H groups in total. The molecule has 17 heavy (non-hydrogen) atoms. The second kappa shape index (κ2) is 4.92. The molecule has 1 rings (SSSR count). The largest absolute Gasteiger partial charge is 0.350 e. The zero-order valence-corrected chi connectivity index (χ0v) is 8.89. The molecule has 0 saturated carbocycles. The Kier molecular flexibility index (Phi) is 3.60. The molecule has 0 unspecified atom stereocenters. The van der Waals surface area contributed by atoms with Gasteiger partial charge >= 0.3 is 6.03 Å². The molecular weight excluding hydrogens is 228 g/mol. The van der Waals surface area contributed by atoms with E-state index in [0.29, 0.717) is 0 Å². The maximum atomic E-state index is 11.5. The molecule has 8 nitrogen and oxygen atoms in total. The number of primary amides is 1. The molecule has 8 heteroatoms. The minimum atomic E-state index is -0.929. The summed E-state index contributed by atoms with van der Waals surface area (Å²) >= 11 is 0. The Labute approximate surface area is 95.9 Å². The lowest BCUT2D eigenvalue weighted by molar-refractivity contribution is -0.385. The van der Waals surface area contributed by atoms with E-state index in [1.54, 1.807) is 0 Å². The Morgan fingerprint density at radius 2 is 2.00 bits per heavy atom. The highest BCUT2D eigenvalue weighted by Crippen LogP contribution is 2.20. The molecule has 0 aromatic heterocycles. The number of nitro benzene ring substituents is 1. The molecule has 0 bridgehead atoms. The summed E-state index contributed by atoms with van der Waals surface area (Å²) < 4.78 is 0. The van der Waals surface area contributed by atoms with E-state index in [1.807, 2.05) is 10.9 Å². The lowest BCUT2D eigenvalue weighted by Gasteiger charge is -2.07. The van der Waals surface area contributed by atoms with Gasteiger partial charge in [-0.25, -0.2) is 10.2 Å². The highest BCUT2D eigenvalue weighted by Gasteiger charge is 2.17. The Bertz CT molecular complexity index is 486. The first-order valence-electron chi connectivity index (χ1n) is 4.53. The normalized spacial score (nSPS) is 9.47. The first kappa shape index (κ1) is 12.4. The summed E-state index contributed by atoms with van der Waals surface area (Å²) in [6.07, 6.45) is 0. The zero-order chi connectivity index (χ0) is 13.0. The van der Waals surface area contributed by atoms with Crippen molar-refractivity contribution in [3.63, 3.8) is 0 Å². The van der Waals surface area contributed by atoms with Crippen LogP contribution in [0.25, 0.3) is 0 Å². The molecule has 0 aliphatic heterocycles. The van der Waals surface area contributed by atoms with Crippen LogP contribution in [0.3, 0.4) is 0 Å². The van der Waals surface area contributed by atoms with E-state index in [0.717, 1.165) is 0 Å². The maximum Gasteiger partial charge on any atom is 0.330 e. The van der Waals surface area contributed by atoms with E-state index >= 15 is 0 Å². The number of nitrogens with two attached hydrogens (primary N) is 1. The molecule has 0 radical (unpaired) electrons. The van der Waals surface area contributed by atoms with Crippen molar-refractivity contribution in [2.24, 2.45) is 5.73 Å². The van der Waals surface area contributed by atoms with Crippen LogP contribution in [0.15, 0.2) is 18.2 Å². The molecule has 0 fully saturated rings. The number of nitrogens with zero attached hydrogens (tertiary/aromatic N) is 1. The van der Waals surface area contributed by atoms with Gasteiger partial charge in [0.25, 0.3) is 11.6 Å². The van der Waals surface area contributed by atoms with Crippen molar-refractivity contribution in [3.05, 3.63) is 39.4 Å². The van der Waals surface area contributed by atoms with Gasteiger partial charge in [0, 0.05) is 11.6 Å². The van der Waals surface area contributed by atoms with E-state index in [4.69, 9.17) is 5.73 Å². The van der Waals surface area contributed by atoms with Crippen LogP contribution in [0.1, 0.15) is 15.9 Å². The Morgan fingerprint density at radius 1 is 1.35 bits per heavy atom. The number of hydrazine groups is 1. The fourth-order valence-corrected chi connectivity index (χ4v) is 1.25. The smallest absolute Gasteiger partial charge is 0.330 e. The summed E-state index contributed by atoms with van der Waals surface area (Å²) in [6.45, 7) is 1.44. The number of amides is 3. The molecule has 0 saturated heterocycles. The molecule has 3 amide bonds. The summed E-state index contributed by atoms with van der Waals surface area (Å²) in [7, 11) is 0. The van der Waals surface area contributed by atoms with Gasteiger partial charge in [0.05, 0.1) is 10.5 Å². The number of rotatable bonds is 2. The van der Waals surface area contributed by atoms with Gasteiger partial charge in [-0.3, -0.25) is 20.3 Å². The fraction of sp³-hybridized carbons (Fsp3) is 0.111. The standard InChI is InChI=1S/C9H10N4O4/c1-5-6(8(14)11-12-9(10)15)3-2-4-7(5)13(16)17/h2-4H,1H3,(H,11,14)(H3,10,12,15). The summed E-state index contributed by atoms with van der Waals surface area (Å²) in [5.41, 5.74) is 8.80. The topological polar surface area (TPSA) is 127 Å². The van der Waals surface area contributed by atoms with Crippen molar-refractivity contribution in [2.75, 3.05) is 0 Å². The van der Waals surface area contributed by atoms with E-state index in [9.17, 15) is 19.7 Å². The first-order chi connectivity index (χ1) is 7.93. The van der Waals surface area contributed by atoms with Gasteiger partial charge in [-0.15, -0.1) is 0 Å². The van der Waals surface area contributed by atoms with Crippen LogP contribution < -0.4 is 16.6 Å². The van der Waals surface area contributed by atoms with E-state index in [2.05, 4.69) is 0 Å². The average molecular weight is 238 g/mol. The first-order valence-corrected chi connectivity index (χ1v) is 4.53. The Morgan fingerprint density at radius 3 is 2.53 bits per heavy atom. The van der Waals surface area contributed by atoms with Gasteiger partial charge in [0.1, 0.15) is 0 Å². The number of carbonyl (C=O) groups is 2. The zero-order valence-electron chi connectivity index (χ0n) is 8.89. The van der Waals surface area contributed by atoms with Gasteiger partial charge in [-0.2, -0.15) is 0 Å². The summed E-state index contributed by atoms with van der Waals surface area (Å²) in [5, 5.41) is 10.6. The predicted octanol–water partition coefficient (Wildman–Crippen LogP) is 0.216. The highest BCUT2D eigenvalue weighted by molar-refractivity contribution is 5.97. The van der Waals surface area contributed by atoms with E-state index in [-0.39, 0.29) is 16.8 Å². The molecular formula is C9H10N4O4. The number of hydrogen-bond donors (Lipinski definition) is 3. The van der Waals surface area contributed by atoms with Crippen LogP contribution in [0.2, 0.25) is 0 Å².